The Morgan fingerprint density at radius 2 is 2.31 bits per heavy atom. The number of nitrogens with two attached hydrogens (primary N) is 1. The van der Waals surface area contributed by atoms with Crippen LogP contribution >= 0.6 is 0 Å². The number of phenolic OH excluding ortho intramolecular Hbond substituents is 1. The second-order valence-corrected chi connectivity index (χ2v) is 3.33. The summed E-state index contributed by atoms with van der Waals surface area (Å²) in [5.74, 6) is 0.792. The van der Waals surface area contributed by atoms with Gasteiger partial charge in [-0.1, -0.05) is 6.07 Å². The van der Waals surface area contributed by atoms with Crippen LogP contribution in [0.15, 0.2) is 12.1 Å². The third-order valence-electron chi connectivity index (χ3n) is 2.61. The molecule has 1 aromatic carbocycles. The van der Waals surface area contributed by atoms with Crippen LogP contribution in [0.4, 0.5) is 0 Å². The van der Waals surface area contributed by atoms with Gasteiger partial charge in [0, 0.05) is 11.6 Å². The summed E-state index contributed by atoms with van der Waals surface area (Å²) in [5.41, 5.74) is 7.86. The number of aromatic hydroxyl groups is 1. The molecule has 0 bridgehead atoms. The number of methoxy groups -OCH3 is 1. The molecule has 0 saturated heterocycles. The maximum atomic E-state index is 9.75. The van der Waals surface area contributed by atoms with Crippen molar-refractivity contribution < 1.29 is 9.84 Å². The number of ether oxygens (including phenoxy) is 1. The fourth-order valence-corrected chi connectivity index (χ4v) is 1.86. The van der Waals surface area contributed by atoms with Gasteiger partial charge >= 0.3 is 0 Å². The average Bonchev–Trinajstić information content (AvgIpc) is 2.50. The molecule has 1 unspecified atom stereocenters. The zero-order chi connectivity index (χ0) is 9.42. The second-order valence-electron chi connectivity index (χ2n) is 3.33. The molecule has 3 N–H and O–H groups in total. The van der Waals surface area contributed by atoms with E-state index < -0.39 is 0 Å². The van der Waals surface area contributed by atoms with E-state index >= 15 is 0 Å². The van der Waals surface area contributed by atoms with Gasteiger partial charge < -0.3 is 15.6 Å². The molecule has 13 heavy (non-hydrogen) atoms. The van der Waals surface area contributed by atoms with E-state index in [1.54, 1.807) is 13.2 Å². The van der Waals surface area contributed by atoms with E-state index in [4.69, 9.17) is 10.5 Å². The van der Waals surface area contributed by atoms with Crippen molar-refractivity contribution in [3.05, 3.63) is 23.3 Å². The molecule has 70 valence electrons. The van der Waals surface area contributed by atoms with Crippen LogP contribution in [0.25, 0.3) is 0 Å². The van der Waals surface area contributed by atoms with Gasteiger partial charge in [0.25, 0.3) is 0 Å². The molecule has 0 fully saturated rings. The summed E-state index contributed by atoms with van der Waals surface area (Å²) in [6.45, 7) is 0. The number of hydrogen-bond donors (Lipinski definition) is 2. The minimum absolute atomic E-state index is 0.0757. The van der Waals surface area contributed by atoms with Crippen LogP contribution in [-0.2, 0) is 6.42 Å². The van der Waals surface area contributed by atoms with Crippen molar-refractivity contribution in [2.24, 2.45) is 5.73 Å². The molecule has 0 aromatic heterocycles. The maximum Gasteiger partial charge on any atom is 0.161 e. The molecule has 1 atom stereocenters. The highest BCUT2D eigenvalue weighted by Crippen LogP contribution is 2.40. The van der Waals surface area contributed by atoms with Crippen LogP contribution in [0.1, 0.15) is 23.6 Å². The molecule has 3 heteroatoms. The molecule has 0 spiro atoms. The highest BCUT2D eigenvalue weighted by molar-refractivity contribution is 5.52. The summed E-state index contributed by atoms with van der Waals surface area (Å²) >= 11 is 0. The lowest BCUT2D eigenvalue weighted by Gasteiger charge is -2.09. The van der Waals surface area contributed by atoms with E-state index in [1.165, 1.54) is 0 Å². The second kappa shape index (κ2) is 2.92. The van der Waals surface area contributed by atoms with Crippen molar-refractivity contribution in [2.75, 3.05) is 7.11 Å². The number of hydrogen-bond acceptors (Lipinski definition) is 3. The van der Waals surface area contributed by atoms with E-state index in [0.29, 0.717) is 5.75 Å². The SMILES string of the molecule is COc1ccc2c(c1O)CCC2N. The van der Waals surface area contributed by atoms with Crippen molar-refractivity contribution in [1.82, 2.24) is 0 Å². The fraction of sp³-hybridized carbons (Fsp3) is 0.400. The molecule has 1 aromatic rings. The summed E-state index contributed by atoms with van der Waals surface area (Å²) in [6.07, 6.45) is 1.76. The van der Waals surface area contributed by atoms with Gasteiger partial charge in [-0.25, -0.2) is 0 Å². The summed E-state index contributed by atoms with van der Waals surface area (Å²) < 4.78 is 5.01. The molecule has 0 amide bonds. The van der Waals surface area contributed by atoms with Gasteiger partial charge in [-0.2, -0.15) is 0 Å². The normalized spacial score (nSPS) is 20.0. The third-order valence-corrected chi connectivity index (χ3v) is 2.61. The van der Waals surface area contributed by atoms with Crippen molar-refractivity contribution >= 4 is 0 Å². The fourth-order valence-electron chi connectivity index (χ4n) is 1.86. The summed E-state index contributed by atoms with van der Waals surface area (Å²) in [6, 6.07) is 3.78. The first-order valence-corrected chi connectivity index (χ1v) is 4.38. The van der Waals surface area contributed by atoms with E-state index in [0.717, 1.165) is 24.0 Å². The molecule has 0 saturated carbocycles. The Hall–Kier alpha value is -1.22. The Morgan fingerprint density at radius 1 is 1.54 bits per heavy atom. The van der Waals surface area contributed by atoms with Crippen LogP contribution in [0.5, 0.6) is 11.5 Å². The lowest BCUT2D eigenvalue weighted by molar-refractivity contribution is 0.371. The summed E-state index contributed by atoms with van der Waals surface area (Å²) in [7, 11) is 1.55. The molecule has 2 rings (SSSR count). The van der Waals surface area contributed by atoms with Crippen molar-refractivity contribution in [1.29, 1.82) is 0 Å². The zero-order valence-corrected chi connectivity index (χ0v) is 7.58. The average molecular weight is 179 g/mol. The predicted octanol–water partition coefficient (Wildman–Crippen LogP) is 1.35. The van der Waals surface area contributed by atoms with Gasteiger partial charge in [0.1, 0.15) is 0 Å². The molecule has 1 aliphatic carbocycles. The van der Waals surface area contributed by atoms with Gasteiger partial charge in [-0.05, 0) is 24.5 Å². The van der Waals surface area contributed by atoms with E-state index in [-0.39, 0.29) is 11.8 Å². The predicted molar refractivity (Wildman–Crippen MR) is 49.9 cm³/mol. The standard InChI is InChI=1S/C10H13NO2/c1-13-9-5-3-6-7(10(9)12)2-4-8(6)11/h3,5,8,12H,2,4,11H2,1H3. The van der Waals surface area contributed by atoms with Crippen molar-refractivity contribution in [3.8, 4) is 11.5 Å². The van der Waals surface area contributed by atoms with Crippen LogP contribution in [0.3, 0.4) is 0 Å². The minimum atomic E-state index is 0.0757. The van der Waals surface area contributed by atoms with Crippen LogP contribution in [0.2, 0.25) is 0 Å². The molecule has 0 heterocycles. The molecular formula is C10H13NO2. The minimum Gasteiger partial charge on any atom is -0.504 e. The van der Waals surface area contributed by atoms with Gasteiger partial charge in [0.2, 0.25) is 0 Å². The first-order chi connectivity index (χ1) is 6.24. The first kappa shape index (κ1) is 8.38. The molecule has 1 aliphatic rings. The van der Waals surface area contributed by atoms with E-state index in [1.807, 2.05) is 6.07 Å². The molecular weight excluding hydrogens is 166 g/mol. The molecule has 0 radical (unpaired) electrons. The van der Waals surface area contributed by atoms with Gasteiger partial charge in [-0.3, -0.25) is 0 Å². The van der Waals surface area contributed by atoms with Gasteiger partial charge in [0.15, 0.2) is 11.5 Å². The Bertz CT molecular complexity index is 336. The topological polar surface area (TPSA) is 55.5 Å². The lowest BCUT2D eigenvalue weighted by Crippen LogP contribution is -2.04. The van der Waals surface area contributed by atoms with E-state index in [9.17, 15) is 5.11 Å². The maximum absolute atomic E-state index is 9.75. The monoisotopic (exact) mass is 179 g/mol. The van der Waals surface area contributed by atoms with Crippen LogP contribution in [0, 0.1) is 0 Å². The summed E-state index contributed by atoms with van der Waals surface area (Å²) in [4.78, 5) is 0. The van der Waals surface area contributed by atoms with Crippen LogP contribution in [-0.4, -0.2) is 12.2 Å². The number of rotatable bonds is 1. The summed E-state index contributed by atoms with van der Waals surface area (Å²) in [5, 5.41) is 9.75. The zero-order valence-electron chi connectivity index (χ0n) is 7.58. The van der Waals surface area contributed by atoms with Crippen LogP contribution < -0.4 is 10.5 Å². The quantitative estimate of drug-likeness (QED) is 0.684. The van der Waals surface area contributed by atoms with Crippen molar-refractivity contribution in [2.45, 2.75) is 18.9 Å². The van der Waals surface area contributed by atoms with Crippen molar-refractivity contribution in [3.63, 3.8) is 0 Å². The van der Waals surface area contributed by atoms with E-state index in [2.05, 4.69) is 0 Å². The Labute approximate surface area is 77.1 Å². The smallest absolute Gasteiger partial charge is 0.161 e. The largest absolute Gasteiger partial charge is 0.504 e. The Kier molecular flexibility index (Phi) is 1.88. The lowest BCUT2D eigenvalue weighted by atomic mass is 10.1. The molecule has 0 aliphatic heterocycles. The number of phenols is 1. The first-order valence-electron chi connectivity index (χ1n) is 4.38. The van der Waals surface area contributed by atoms with Gasteiger partial charge in [-0.15, -0.1) is 0 Å². The highest BCUT2D eigenvalue weighted by atomic mass is 16.5. The molecule has 3 nitrogen and oxygen atoms in total. The van der Waals surface area contributed by atoms with Gasteiger partial charge in [0.05, 0.1) is 7.11 Å². The third kappa shape index (κ3) is 1.16. The Balaban J connectivity index is 2.54. The number of fused-ring (bicyclic) bond motifs is 1. The highest BCUT2D eigenvalue weighted by Gasteiger charge is 2.23. The number of benzene rings is 1. The Morgan fingerprint density at radius 3 is 3.00 bits per heavy atom.